The third-order valence-electron chi connectivity index (χ3n) is 7.44. The highest BCUT2D eigenvalue weighted by Crippen LogP contribution is 2.35. The second kappa shape index (κ2) is 13.2. The molecular formula is C30H42O7. The third-order valence-corrected chi connectivity index (χ3v) is 7.44. The second-order valence-electron chi connectivity index (χ2n) is 11.0. The average molecular weight is 515 g/mol. The van der Waals surface area contributed by atoms with Crippen LogP contribution < -0.4 is 0 Å². The van der Waals surface area contributed by atoms with E-state index < -0.39 is 24.3 Å². The lowest BCUT2D eigenvalue weighted by Crippen LogP contribution is -2.32. The van der Waals surface area contributed by atoms with Crippen LogP contribution in [0.15, 0.2) is 60.3 Å². The SMILES string of the molecule is C=C1C[C@H](C)C[C@@H]2CC=C[C@@H](C/C=C\C(=O)O[C@H]([C@@H](O)/C=C/[C@@H]3CC(C)=CCO3)C[C@H]3O[C@@H]3[C@H](O)C1)O2. The molecule has 0 aromatic carbocycles. The Morgan fingerprint density at radius 2 is 1.97 bits per heavy atom. The number of aliphatic hydroxyl groups excluding tert-OH is 2. The Kier molecular flexibility index (Phi) is 9.96. The van der Waals surface area contributed by atoms with Gasteiger partial charge in [-0.3, -0.25) is 0 Å². The van der Waals surface area contributed by atoms with E-state index in [0.717, 1.165) is 31.3 Å². The fourth-order valence-electron chi connectivity index (χ4n) is 5.45. The first-order valence-corrected chi connectivity index (χ1v) is 13.6. The lowest BCUT2D eigenvalue weighted by molar-refractivity contribution is -0.148. The molecule has 0 saturated carbocycles. The molecule has 37 heavy (non-hydrogen) atoms. The molecule has 2 bridgehead atoms. The maximum absolute atomic E-state index is 12.6. The zero-order valence-electron chi connectivity index (χ0n) is 22.0. The van der Waals surface area contributed by atoms with Crippen LogP contribution in [0.5, 0.6) is 0 Å². The predicted octanol–water partition coefficient (Wildman–Crippen LogP) is 4.11. The van der Waals surface area contributed by atoms with Crippen molar-refractivity contribution in [2.75, 3.05) is 6.61 Å². The molecule has 0 aromatic rings. The number of carbonyl (C=O) groups excluding carboxylic acids is 1. The molecule has 0 spiro atoms. The van der Waals surface area contributed by atoms with E-state index in [4.69, 9.17) is 18.9 Å². The van der Waals surface area contributed by atoms with Gasteiger partial charge in [-0.05, 0) is 51.4 Å². The van der Waals surface area contributed by atoms with E-state index in [1.165, 1.54) is 11.6 Å². The Balaban J connectivity index is 1.44. The molecule has 2 N–H and O–H groups in total. The van der Waals surface area contributed by atoms with Crippen LogP contribution >= 0.6 is 0 Å². The van der Waals surface area contributed by atoms with E-state index in [9.17, 15) is 15.0 Å². The highest BCUT2D eigenvalue weighted by Gasteiger charge is 2.46. The summed E-state index contributed by atoms with van der Waals surface area (Å²) in [4.78, 5) is 12.6. The maximum Gasteiger partial charge on any atom is 0.330 e. The molecule has 9 atom stereocenters. The van der Waals surface area contributed by atoms with Gasteiger partial charge < -0.3 is 29.2 Å². The quantitative estimate of drug-likeness (QED) is 0.332. The van der Waals surface area contributed by atoms with Crippen molar-refractivity contribution in [3.63, 3.8) is 0 Å². The van der Waals surface area contributed by atoms with Gasteiger partial charge in [0.05, 0.1) is 37.1 Å². The van der Waals surface area contributed by atoms with E-state index in [2.05, 4.69) is 26.5 Å². The number of carbonyl (C=O) groups is 1. The maximum atomic E-state index is 12.6. The standard InChI is InChI=1S/C30H42O7/c1-19-12-13-34-23(15-19)10-11-25(31)27-18-28-30(37-28)26(32)17-21(3)14-20(2)16-24-8-4-6-22(35-24)7-5-9-29(33)36-27/h4-6,9-12,20,22-28,30-32H,3,7-8,13-18H2,1-2H3/b9-5-,11-10+/t20-,22-,23+,24-,25-,26+,27-,28+,30+/m0/s1. The molecule has 204 valence electrons. The Morgan fingerprint density at radius 1 is 1.14 bits per heavy atom. The number of esters is 1. The summed E-state index contributed by atoms with van der Waals surface area (Å²) >= 11 is 0. The van der Waals surface area contributed by atoms with Crippen LogP contribution in [0.1, 0.15) is 58.8 Å². The van der Waals surface area contributed by atoms with Crippen LogP contribution in [-0.4, -0.2) is 71.6 Å². The minimum absolute atomic E-state index is 0.0863. The Labute approximate surface area is 220 Å². The molecule has 0 aliphatic carbocycles. The average Bonchev–Trinajstić information content (AvgIpc) is 3.61. The normalized spacial score (nSPS) is 39.6. The number of cyclic esters (lactones) is 1. The Bertz CT molecular complexity index is 919. The Hall–Kier alpha value is -2.03. The van der Waals surface area contributed by atoms with Crippen molar-refractivity contribution in [1.29, 1.82) is 0 Å². The molecule has 0 unspecified atom stereocenters. The molecule has 4 aliphatic rings. The molecule has 1 fully saturated rings. The second-order valence-corrected chi connectivity index (χ2v) is 11.0. The van der Waals surface area contributed by atoms with Gasteiger partial charge in [0.2, 0.25) is 0 Å². The summed E-state index contributed by atoms with van der Waals surface area (Å²) in [6, 6.07) is 0. The van der Waals surface area contributed by atoms with E-state index in [0.29, 0.717) is 25.4 Å². The van der Waals surface area contributed by atoms with Gasteiger partial charge in [0.1, 0.15) is 18.3 Å². The van der Waals surface area contributed by atoms with Gasteiger partial charge in [0.15, 0.2) is 0 Å². The van der Waals surface area contributed by atoms with Crippen molar-refractivity contribution in [1.82, 2.24) is 0 Å². The first-order valence-electron chi connectivity index (χ1n) is 13.6. The van der Waals surface area contributed by atoms with Gasteiger partial charge in [-0.2, -0.15) is 0 Å². The van der Waals surface area contributed by atoms with Crippen molar-refractivity contribution in [3.8, 4) is 0 Å². The lowest BCUT2D eigenvalue weighted by atomic mass is 9.91. The number of rotatable bonds is 3. The minimum Gasteiger partial charge on any atom is -0.456 e. The van der Waals surface area contributed by atoms with Crippen LogP contribution in [0, 0.1) is 5.92 Å². The highest BCUT2D eigenvalue weighted by molar-refractivity contribution is 5.82. The molecule has 4 heterocycles. The topological polar surface area (TPSA) is 97.8 Å². The van der Waals surface area contributed by atoms with Crippen molar-refractivity contribution in [2.24, 2.45) is 5.92 Å². The molecule has 0 aromatic heterocycles. The molecular weight excluding hydrogens is 472 g/mol. The van der Waals surface area contributed by atoms with E-state index in [1.54, 1.807) is 12.2 Å². The first kappa shape index (κ1) is 28.0. The summed E-state index contributed by atoms with van der Waals surface area (Å²) in [6.45, 7) is 8.98. The van der Waals surface area contributed by atoms with Crippen LogP contribution in [0.3, 0.4) is 0 Å². The zero-order valence-corrected chi connectivity index (χ0v) is 22.0. The summed E-state index contributed by atoms with van der Waals surface area (Å²) in [5, 5.41) is 21.7. The summed E-state index contributed by atoms with van der Waals surface area (Å²) in [6.07, 6.45) is 14.3. The van der Waals surface area contributed by atoms with Crippen LogP contribution in [0.4, 0.5) is 0 Å². The smallest absolute Gasteiger partial charge is 0.330 e. The lowest BCUT2D eigenvalue weighted by Gasteiger charge is -2.28. The van der Waals surface area contributed by atoms with Crippen molar-refractivity contribution in [2.45, 2.75) is 108 Å². The summed E-state index contributed by atoms with van der Waals surface area (Å²) in [5.41, 5.74) is 2.23. The highest BCUT2D eigenvalue weighted by atomic mass is 16.6. The molecule has 1 saturated heterocycles. The molecule has 7 nitrogen and oxygen atoms in total. The molecule has 0 radical (unpaired) electrons. The van der Waals surface area contributed by atoms with Gasteiger partial charge >= 0.3 is 5.97 Å². The van der Waals surface area contributed by atoms with E-state index >= 15 is 0 Å². The predicted molar refractivity (Wildman–Crippen MR) is 141 cm³/mol. The van der Waals surface area contributed by atoms with Crippen molar-refractivity contribution < 1.29 is 34.0 Å². The van der Waals surface area contributed by atoms with E-state index in [1.807, 2.05) is 18.2 Å². The molecule has 4 aliphatic heterocycles. The number of hydrogen-bond donors (Lipinski definition) is 2. The van der Waals surface area contributed by atoms with Crippen LogP contribution in [-0.2, 0) is 23.7 Å². The number of hydrogen-bond acceptors (Lipinski definition) is 7. The van der Waals surface area contributed by atoms with Gasteiger partial charge in [-0.15, -0.1) is 0 Å². The number of ether oxygens (including phenoxy) is 4. The van der Waals surface area contributed by atoms with Gasteiger partial charge in [0.25, 0.3) is 0 Å². The van der Waals surface area contributed by atoms with Gasteiger partial charge in [-0.1, -0.05) is 61.1 Å². The largest absolute Gasteiger partial charge is 0.456 e. The van der Waals surface area contributed by atoms with E-state index in [-0.39, 0.29) is 36.9 Å². The van der Waals surface area contributed by atoms with Crippen molar-refractivity contribution in [3.05, 3.63) is 60.3 Å². The van der Waals surface area contributed by atoms with Gasteiger partial charge in [-0.25, -0.2) is 4.79 Å². The molecule has 0 amide bonds. The number of fused-ring (bicyclic) bond motifs is 3. The summed E-state index contributed by atoms with van der Waals surface area (Å²) in [5.74, 6) is -0.141. The molecule has 7 heteroatoms. The minimum atomic E-state index is -1.03. The fraction of sp³-hybridized carbons (Fsp3) is 0.633. The first-order chi connectivity index (χ1) is 17.8. The monoisotopic (exact) mass is 514 g/mol. The van der Waals surface area contributed by atoms with Crippen LogP contribution in [0.25, 0.3) is 0 Å². The Morgan fingerprint density at radius 3 is 2.78 bits per heavy atom. The zero-order chi connectivity index (χ0) is 26.4. The van der Waals surface area contributed by atoms with Gasteiger partial charge in [0, 0.05) is 12.5 Å². The fourth-order valence-corrected chi connectivity index (χ4v) is 5.45. The summed E-state index contributed by atoms with van der Waals surface area (Å²) < 4.78 is 23.4. The number of epoxide rings is 1. The third kappa shape index (κ3) is 8.76. The molecule has 4 rings (SSSR count). The number of aliphatic hydroxyl groups is 2. The summed E-state index contributed by atoms with van der Waals surface area (Å²) in [7, 11) is 0. The van der Waals surface area contributed by atoms with Crippen molar-refractivity contribution >= 4 is 5.97 Å². The van der Waals surface area contributed by atoms with Crippen LogP contribution in [0.2, 0.25) is 0 Å².